The van der Waals surface area contributed by atoms with Crippen molar-refractivity contribution >= 4 is 11.9 Å². The van der Waals surface area contributed by atoms with Gasteiger partial charge in [-0.25, -0.2) is 0 Å². The first-order chi connectivity index (χ1) is 14.1. The summed E-state index contributed by atoms with van der Waals surface area (Å²) in [6, 6.07) is 0. The number of aliphatic carboxylic acids is 1. The van der Waals surface area contributed by atoms with Crippen LogP contribution in [0.5, 0.6) is 0 Å². The normalized spacial score (nSPS) is 17.0. The molecule has 1 N–H and O–H groups in total. The van der Waals surface area contributed by atoms with E-state index in [1.165, 1.54) is 51.4 Å². The second-order valence-corrected chi connectivity index (χ2v) is 9.09. The molecule has 0 saturated heterocycles. The molecule has 29 heavy (non-hydrogen) atoms. The molecule has 1 saturated carbocycles. The quantitative estimate of drug-likeness (QED) is 0.154. The van der Waals surface area contributed by atoms with Gasteiger partial charge in [-0.2, -0.15) is 0 Å². The Balaban J connectivity index is 2.42. The highest BCUT2D eigenvalue weighted by atomic mass is 16.5. The molecule has 0 aromatic rings. The number of unbranched alkanes of at least 4 members (excludes halogenated alkanes) is 10. The van der Waals surface area contributed by atoms with Crippen molar-refractivity contribution < 1.29 is 19.4 Å². The third-order valence-corrected chi connectivity index (χ3v) is 6.54. The van der Waals surface area contributed by atoms with E-state index in [1.807, 2.05) is 0 Å². The van der Waals surface area contributed by atoms with E-state index >= 15 is 0 Å². The average Bonchev–Trinajstić information content (AvgIpc) is 2.72. The van der Waals surface area contributed by atoms with Gasteiger partial charge in [-0.3, -0.25) is 9.59 Å². The maximum Gasteiger partial charge on any atom is 0.323 e. The molecule has 1 unspecified atom stereocenters. The summed E-state index contributed by atoms with van der Waals surface area (Å²) in [4.78, 5) is 24.7. The van der Waals surface area contributed by atoms with Crippen LogP contribution in [0.4, 0.5) is 0 Å². The molecule has 0 aromatic carbocycles. The van der Waals surface area contributed by atoms with E-state index in [2.05, 4.69) is 13.8 Å². The lowest BCUT2D eigenvalue weighted by Crippen LogP contribution is -2.43. The molecule has 170 valence electrons. The predicted molar refractivity (Wildman–Crippen MR) is 119 cm³/mol. The van der Waals surface area contributed by atoms with Crippen molar-refractivity contribution in [2.45, 2.75) is 142 Å². The smallest absolute Gasteiger partial charge is 0.323 e. The second-order valence-electron chi connectivity index (χ2n) is 9.09. The van der Waals surface area contributed by atoms with Crippen molar-refractivity contribution in [2.75, 3.05) is 0 Å². The van der Waals surface area contributed by atoms with Crippen LogP contribution in [0.2, 0.25) is 0 Å². The zero-order valence-corrected chi connectivity index (χ0v) is 19.2. The first-order valence-electron chi connectivity index (χ1n) is 12.5. The van der Waals surface area contributed by atoms with Gasteiger partial charge in [0.1, 0.15) is 6.10 Å². The topological polar surface area (TPSA) is 63.6 Å². The number of rotatable bonds is 17. The molecule has 0 spiro atoms. The summed E-state index contributed by atoms with van der Waals surface area (Å²) in [5.41, 5.74) is -1.29. The SMILES string of the molecule is CCCCCCCCCCCC(CCCCC)OC(=O)C1(C(=O)O)CCCCC1. The number of esters is 1. The van der Waals surface area contributed by atoms with E-state index in [4.69, 9.17) is 4.74 Å². The number of carbonyl (C=O) groups excluding carboxylic acids is 1. The molecule has 1 fully saturated rings. The Bertz CT molecular complexity index is 440. The third kappa shape index (κ3) is 10.00. The molecule has 0 radical (unpaired) electrons. The highest BCUT2D eigenvalue weighted by Gasteiger charge is 2.48. The van der Waals surface area contributed by atoms with Crippen LogP contribution >= 0.6 is 0 Å². The lowest BCUT2D eigenvalue weighted by atomic mass is 9.74. The summed E-state index contributed by atoms with van der Waals surface area (Å²) in [6.45, 7) is 4.42. The molecule has 4 nitrogen and oxygen atoms in total. The van der Waals surface area contributed by atoms with E-state index in [-0.39, 0.29) is 6.10 Å². The van der Waals surface area contributed by atoms with Crippen LogP contribution in [-0.2, 0) is 14.3 Å². The van der Waals surface area contributed by atoms with E-state index in [1.54, 1.807) is 0 Å². The largest absolute Gasteiger partial charge is 0.480 e. The number of ether oxygens (including phenoxy) is 1. The molecular formula is C25H46O4. The molecular weight excluding hydrogens is 364 g/mol. The average molecular weight is 411 g/mol. The summed E-state index contributed by atoms with van der Waals surface area (Å²) in [7, 11) is 0. The molecule has 1 aliphatic rings. The van der Waals surface area contributed by atoms with E-state index in [9.17, 15) is 14.7 Å². The maximum absolute atomic E-state index is 12.9. The molecule has 0 aromatic heterocycles. The Labute approximate surface area is 179 Å². The predicted octanol–water partition coefficient (Wildman–Crippen LogP) is 7.43. The number of carboxylic acid groups (broad SMARTS) is 1. The van der Waals surface area contributed by atoms with Crippen molar-refractivity contribution in [3.8, 4) is 0 Å². The molecule has 0 bridgehead atoms. The fourth-order valence-electron chi connectivity index (χ4n) is 4.49. The van der Waals surface area contributed by atoms with Gasteiger partial charge < -0.3 is 9.84 Å². The zero-order valence-electron chi connectivity index (χ0n) is 19.2. The number of carbonyl (C=O) groups is 2. The Morgan fingerprint density at radius 2 is 1.21 bits per heavy atom. The maximum atomic E-state index is 12.9. The third-order valence-electron chi connectivity index (χ3n) is 6.54. The van der Waals surface area contributed by atoms with E-state index in [0.717, 1.165) is 57.8 Å². The highest BCUT2D eigenvalue weighted by molar-refractivity contribution is 5.99. The summed E-state index contributed by atoms with van der Waals surface area (Å²) in [5.74, 6) is -1.46. The van der Waals surface area contributed by atoms with Crippen LogP contribution in [0.1, 0.15) is 136 Å². The molecule has 1 atom stereocenters. The highest BCUT2D eigenvalue weighted by Crippen LogP contribution is 2.38. The van der Waals surface area contributed by atoms with Crippen LogP contribution < -0.4 is 0 Å². The molecule has 0 heterocycles. The first kappa shape index (κ1) is 26.0. The Morgan fingerprint density at radius 1 is 0.759 bits per heavy atom. The van der Waals surface area contributed by atoms with Gasteiger partial charge in [-0.05, 0) is 38.5 Å². The summed E-state index contributed by atoms with van der Waals surface area (Å²) in [5, 5.41) is 9.74. The van der Waals surface area contributed by atoms with Gasteiger partial charge in [0.25, 0.3) is 0 Å². The van der Waals surface area contributed by atoms with Gasteiger partial charge in [0, 0.05) is 0 Å². The summed E-state index contributed by atoms with van der Waals surface area (Å²) in [6.07, 6.45) is 19.9. The van der Waals surface area contributed by atoms with Crippen LogP contribution in [0.15, 0.2) is 0 Å². The standard InChI is InChI=1S/C25H46O4/c1-3-5-7-8-9-10-11-12-15-19-22(18-14-6-4-2)29-24(28)25(23(26)27)20-16-13-17-21-25/h22H,3-21H2,1-2H3,(H,26,27). The van der Waals surface area contributed by atoms with Gasteiger partial charge in [0.15, 0.2) is 5.41 Å². The molecule has 0 amide bonds. The van der Waals surface area contributed by atoms with Crippen LogP contribution in [0.3, 0.4) is 0 Å². The van der Waals surface area contributed by atoms with Gasteiger partial charge >= 0.3 is 11.9 Å². The van der Waals surface area contributed by atoms with Crippen molar-refractivity contribution in [3.05, 3.63) is 0 Å². The lowest BCUT2D eigenvalue weighted by Gasteiger charge is -2.32. The van der Waals surface area contributed by atoms with Crippen molar-refractivity contribution in [3.63, 3.8) is 0 Å². The monoisotopic (exact) mass is 410 g/mol. The minimum atomic E-state index is -1.29. The number of carboxylic acids is 1. The molecule has 0 aliphatic heterocycles. The fraction of sp³-hybridized carbons (Fsp3) is 0.920. The van der Waals surface area contributed by atoms with Gasteiger partial charge in [-0.1, -0.05) is 97.3 Å². The zero-order chi connectivity index (χ0) is 21.4. The van der Waals surface area contributed by atoms with Crippen molar-refractivity contribution in [1.82, 2.24) is 0 Å². The fourth-order valence-corrected chi connectivity index (χ4v) is 4.49. The summed E-state index contributed by atoms with van der Waals surface area (Å²) >= 11 is 0. The number of hydrogen-bond acceptors (Lipinski definition) is 3. The molecule has 4 heteroatoms. The molecule has 1 aliphatic carbocycles. The number of hydrogen-bond donors (Lipinski definition) is 1. The van der Waals surface area contributed by atoms with Gasteiger partial charge in [0.2, 0.25) is 0 Å². The van der Waals surface area contributed by atoms with Crippen LogP contribution in [-0.4, -0.2) is 23.1 Å². The molecule has 1 rings (SSSR count). The minimum absolute atomic E-state index is 0.114. The van der Waals surface area contributed by atoms with E-state index < -0.39 is 17.4 Å². The lowest BCUT2D eigenvalue weighted by molar-refractivity contribution is -0.175. The van der Waals surface area contributed by atoms with Crippen LogP contribution in [0, 0.1) is 5.41 Å². The van der Waals surface area contributed by atoms with Gasteiger partial charge in [-0.15, -0.1) is 0 Å². The Morgan fingerprint density at radius 3 is 1.72 bits per heavy atom. The second kappa shape index (κ2) is 15.7. The van der Waals surface area contributed by atoms with Crippen molar-refractivity contribution in [2.24, 2.45) is 5.41 Å². The minimum Gasteiger partial charge on any atom is -0.480 e. The van der Waals surface area contributed by atoms with E-state index in [0.29, 0.717) is 12.8 Å². The van der Waals surface area contributed by atoms with Gasteiger partial charge in [0.05, 0.1) is 0 Å². The Hall–Kier alpha value is -1.06. The Kier molecular flexibility index (Phi) is 14.1. The van der Waals surface area contributed by atoms with Crippen molar-refractivity contribution in [1.29, 1.82) is 0 Å². The van der Waals surface area contributed by atoms with Crippen LogP contribution in [0.25, 0.3) is 0 Å². The summed E-state index contributed by atoms with van der Waals surface area (Å²) < 4.78 is 5.85. The first-order valence-corrected chi connectivity index (χ1v) is 12.5.